The number of rotatable bonds is 7. The van der Waals surface area contributed by atoms with Crippen molar-refractivity contribution in [2.24, 2.45) is 5.92 Å². The summed E-state index contributed by atoms with van der Waals surface area (Å²) in [6.45, 7) is 8.52. The molecule has 0 radical (unpaired) electrons. The van der Waals surface area contributed by atoms with Crippen LogP contribution < -0.4 is 10.2 Å². The number of nitrogens with one attached hydrogen (secondary N) is 1. The number of halogens is 1. The molecule has 2 saturated heterocycles. The molecule has 6 N–H and O–H groups in total. The van der Waals surface area contributed by atoms with Gasteiger partial charge in [-0.25, -0.2) is 0 Å². The van der Waals surface area contributed by atoms with Gasteiger partial charge in [-0.15, -0.1) is 6.58 Å². The Morgan fingerprint density at radius 2 is 1.92 bits per heavy atom. The third kappa shape index (κ3) is 4.50. The minimum Gasteiger partial charge on any atom is -0.396 e. The highest BCUT2D eigenvalue weighted by Crippen LogP contribution is 2.60. The van der Waals surface area contributed by atoms with Crippen molar-refractivity contribution in [1.82, 2.24) is 0 Å². The molecule has 0 aliphatic carbocycles. The quantitative estimate of drug-likeness (QED) is 0.156. The summed E-state index contributed by atoms with van der Waals surface area (Å²) in [7, 11) is -3.37. The Balaban J connectivity index is 1.73. The molecule has 3 aliphatic heterocycles. The monoisotopic (exact) mass is 554 g/mol. The summed E-state index contributed by atoms with van der Waals surface area (Å²) >= 11 is 0. The molecule has 210 valence electrons. The Bertz CT molecular complexity index is 1100. The molecule has 38 heavy (non-hydrogen) atoms. The molecule has 9 atom stereocenters. The van der Waals surface area contributed by atoms with E-state index in [9.17, 15) is 35.1 Å². The summed E-state index contributed by atoms with van der Waals surface area (Å²) in [4.78, 5) is 28.3. The zero-order chi connectivity index (χ0) is 28.2. The maximum absolute atomic E-state index is 15.6. The normalized spacial score (nSPS) is 37.0. The number of aliphatic hydroxyl groups is 5. The van der Waals surface area contributed by atoms with Crippen LogP contribution in [0, 0.1) is 5.92 Å². The van der Waals surface area contributed by atoms with Crippen LogP contribution in [0.4, 0.5) is 15.5 Å². The van der Waals surface area contributed by atoms with E-state index >= 15 is 4.11 Å². The highest BCUT2D eigenvalue weighted by atomic mass is 28.4. The molecule has 3 heterocycles. The van der Waals surface area contributed by atoms with Gasteiger partial charge in [0, 0.05) is 35.9 Å². The number of anilines is 2. The van der Waals surface area contributed by atoms with E-state index in [0.717, 1.165) is 0 Å². The molecule has 1 aromatic carbocycles. The van der Waals surface area contributed by atoms with Gasteiger partial charge >= 0.3 is 0 Å². The lowest BCUT2D eigenvalue weighted by Gasteiger charge is -2.37. The molecular weight excluding hydrogens is 519 g/mol. The fourth-order valence-corrected chi connectivity index (χ4v) is 8.67. The third-order valence-electron chi connectivity index (χ3n) is 7.80. The van der Waals surface area contributed by atoms with Crippen LogP contribution in [-0.4, -0.2) is 95.7 Å². The number of ether oxygens (including phenoxy) is 2. The zero-order valence-corrected chi connectivity index (χ0v) is 22.5. The zero-order valence-electron chi connectivity index (χ0n) is 21.5. The first-order valence-electron chi connectivity index (χ1n) is 12.5. The second-order valence-corrected chi connectivity index (χ2v) is 14.4. The van der Waals surface area contributed by atoms with Gasteiger partial charge in [0.15, 0.2) is 18.0 Å². The predicted molar refractivity (Wildman–Crippen MR) is 136 cm³/mol. The molecule has 2 amide bonds. The van der Waals surface area contributed by atoms with Crippen LogP contribution in [0.3, 0.4) is 0 Å². The van der Waals surface area contributed by atoms with Crippen LogP contribution in [0.1, 0.15) is 18.9 Å². The van der Waals surface area contributed by atoms with Crippen molar-refractivity contribution in [3.63, 3.8) is 0 Å². The minimum absolute atomic E-state index is 0.158. The van der Waals surface area contributed by atoms with E-state index in [1.807, 2.05) is 0 Å². The number of fused-ring (bicyclic) bond motifs is 2. The van der Waals surface area contributed by atoms with Gasteiger partial charge in [0.1, 0.15) is 18.3 Å². The first-order chi connectivity index (χ1) is 17.8. The summed E-state index contributed by atoms with van der Waals surface area (Å²) in [5, 5.41) is 51.8. The van der Waals surface area contributed by atoms with Crippen molar-refractivity contribution in [2.75, 3.05) is 23.4 Å². The Labute approximate surface area is 220 Å². The first-order valence-corrected chi connectivity index (χ1v) is 15.5. The van der Waals surface area contributed by atoms with Crippen LogP contribution in [0.25, 0.3) is 0 Å². The fourth-order valence-electron chi connectivity index (χ4n) is 6.12. The smallest absolute Gasteiger partial charge is 0.264 e. The van der Waals surface area contributed by atoms with E-state index in [1.165, 1.54) is 17.0 Å². The number of nitrogens with zero attached hydrogens (tertiary/aromatic N) is 1. The standard InChI is InChI=1S/C25H35FN2O9Si/c1-5-9-28-15-7-6-13(27-22(33)20-18(31)17(30)19(32)23(34)36-20)11-14(15)25(24(28)35)12(2)21(38(3,4)26)16(37-25)8-10-29/h5-7,11-12,16-21,23,29-32,34H,1,8-10H2,2-4H3,(H,27,33)/t12-,16+,17+,18+,19-,20+,21-,23-,25+/m1/s1. The second kappa shape index (κ2) is 10.4. The van der Waals surface area contributed by atoms with E-state index in [2.05, 4.69) is 11.9 Å². The highest BCUT2D eigenvalue weighted by Gasteiger charge is 2.66. The summed E-state index contributed by atoms with van der Waals surface area (Å²) < 4.78 is 27.0. The predicted octanol–water partition coefficient (Wildman–Crippen LogP) is 0.115. The topological polar surface area (TPSA) is 169 Å². The number of carbonyl (C=O) groups excluding carboxylic acids is 2. The molecule has 13 heteroatoms. The number of aliphatic hydroxyl groups excluding tert-OH is 5. The van der Waals surface area contributed by atoms with Gasteiger partial charge < -0.3 is 49.3 Å². The number of amides is 2. The van der Waals surface area contributed by atoms with Crippen LogP contribution in [0.2, 0.25) is 18.6 Å². The molecule has 0 aromatic heterocycles. The van der Waals surface area contributed by atoms with E-state index in [-0.39, 0.29) is 25.3 Å². The van der Waals surface area contributed by atoms with Gasteiger partial charge in [0.2, 0.25) is 8.41 Å². The lowest BCUT2D eigenvalue weighted by Crippen LogP contribution is -2.60. The second-order valence-electron chi connectivity index (χ2n) is 10.6. The summed E-state index contributed by atoms with van der Waals surface area (Å²) in [5.74, 6) is -1.89. The number of carbonyl (C=O) groups is 2. The Morgan fingerprint density at radius 1 is 1.24 bits per heavy atom. The van der Waals surface area contributed by atoms with E-state index in [4.69, 9.17) is 9.47 Å². The number of hydrogen-bond donors (Lipinski definition) is 6. The SMILES string of the molecule is C=CCN1C(=O)[C@@]2(O[C@@H](CCO)[C@H]([Si](C)(C)F)[C@H]2C)c2cc(NC(=O)[C@H]3O[C@@H](O)[C@H](O)[C@@H](O)[C@@H]3O)ccc21. The molecule has 0 saturated carbocycles. The highest BCUT2D eigenvalue weighted by molar-refractivity contribution is 6.72. The molecule has 1 spiro atoms. The van der Waals surface area contributed by atoms with Gasteiger partial charge in [-0.05, 0) is 37.7 Å². The van der Waals surface area contributed by atoms with Gasteiger partial charge in [-0.2, -0.15) is 0 Å². The maximum Gasteiger partial charge on any atom is 0.264 e. The maximum atomic E-state index is 15.6. The molecule has 2 fully saturated rings. The van der Waals surface area contributed by atoms with Gasteiger partial charge in [-0.3, -0.25) is 9.59 Å². The average molecular weight is 555 g/mol. The van der Waals surface area contributed by atoms with Crippen LogP contribution in [-0.2, 0) is 24.7 Å². The lowest BCUT2D eigenvalue weighted by molar-refractivity contribution is -0.274. The third-order valence-corrected chi connectivity index (χ3v) is 10.3. The van der Waals surface area contributed by atoms with Crippen molar-refractivity contribution in [3.8, 4) is 0 Å². The van der Waals surface area contributed by atoms with Crippen molar-refractivity contribution in [2.45, 2.75) is 74.4 Å². The van der Waals surface area contributed by atoms with Crippen LogP contribution >= 0.6 is 0 Å². The Morgan fingerprint density at radius 3 is 2.53 bits per heavy atom. The summed E-state index contributed by atoms with van der Waals surface area (Å²) in [5.41, 5.74) is -1.03. The molecule has 0 bridgehead atoms. The van der Waals surface area contributed by atoms with Crippen LogP contribution in [0.5, 0.6) is 0 Å². The van der Waals surface area contributed by atoms with Crippen molar-refractivity contribution in [3.05, 3.63) is 36.4 Å². The summed E-state index contributed by atoms with van der Waals surface area (Å²) in [6.07, 6.45) is -7.98. The van der Waals surface area contributed by atoms with Crippen LogP contribution in [0.15, 0.2) is 30.9 Å². The number of benzene rings is 1. The van der Waals surface area contributed by atoms with Crippen molar-refractivity contribution in [1.29, 1.82) is 0 Å². The van der Waals surface area contributed by atoms with Gasteiger partial charge in [0.25, 0.3) is 11.8 Å². The van der Waals surface area contributed by atoms with Crippen molar-refractivity contribution < 1.29 is 48.7 Å². The molecule has 1 aromatic rings. The van der Waals surface area contributed by atoms with Gasteiger partial charge in [0.05, 0.1) is 11.8 Å². The van der Waals surface area contributed by atoms with Crippen molar-refractivity contribution >= 4 is 31.6 Å². The molecule has 4 rings (SSSR count). The Kier molecular flexibility index (Phi) is 7.87. The van der Waals surface area contributed by atoms with E-state index in [0.29, 0.717) is 11.3 Å². The average Bonchev–Trinajstić information content (AvgIpc) is 3.27. The minimum atomic E-state index is -3.37. The molecular formula is C25H35FN2O9Si. The number of hydrogen-bond acceptors (Lipinski definition) is 9. The van der Waals surface area contributed by atoms with E-state index < -0.39 is 74.1 Å². The molecule has 3 aliphatic rings. The molecule has 0 unspecified atom stereocenters. The van der Waals surface area contributed by atoms with E-state index in [1.54, 1.807) is 32.2 Å². The molecule has 11 nitrogen and oxygen atoms in total. The Hall–Kier alpha value is -2.23. The fraction of sp³-hybridized carbons (Fsp3) is 0.600. The lowest BCUT2D eigenvalue weighted by atomic mass is 9.82. The largest absolute Gasteiger partial charge is 0.396 e. The summed E-state index contributed by atoms with van der Waals surface area (Å²) in [6, 6.07) is 4.66. The van der Waals surface area contributed by atoms with Gasteiger partial charge in [-0.1, -0.05) is 13.0 Å². The first kappa shape index (κ1) is 28.8.